The average molecular weight is 385 g/mol. The van der Waals surface area contributed by atoms with Crippen molar-refractivity contribution in [1.29, 1.82) is 0 Å². The number of thiocarbonyl (C=S) groups is 1. The van der Waals surface area contributed by atoms with E-state index in [0.29, 0.717) is 12.3 Å². The van der Waals surface area contributed by atoms with Gasteiger partial charge in [0.15, 0.2) is 10.9 Å². The molecule has 1 aliphatic rings. The number of nitrogens with one attached hydrogen (secondary N) is 1. The Balaban J connectivity index is 1.99. The highest BCUT2D eigenvalue weighted by molar-refractivity contribution is 7.80. The minimum Gasteiger partial charge on any atom is -0.455 e. The molecule has 3 N–H and O–H groups in total. The van der Waals surface area contributed by atoms with Gasteiger partial charge in [-0.05, 0) is 63.5 Å². The van der Waals surface area contributed by atoms with Crippen LogP contribution in [0.4, 0.5) is 5.69 Å². The summed E-state index contributed by atoms with van der Waals surface area (Å²) in [5.41, 5.74) is 12.6. The molecular weight excluding hydrogens is 360 g/mol. The zero-order valence-electron chi connectivity index (χ0n) is 15.8. The number of hydrogen-bond donors (Lipinski definition) is 2. The van der Waals surface area contributed by atoms with Crippen molar-refractivity contribution in [2.75, 3.05) is 11.4 Å². The van der Waals surface area contributed by atoms with Gasteiger partial charge in [-0.25, -0.2) is 0 Å². The largest absolute Gasteiger partial charge is 0.455 e. The second-order valence-electron chi connectivity index (χ2n) is 6.63. The first-order valence-corrected chi connectivity index (χ1v) is 9.46. The molecule has 2 aromatic rings. The van der Waals surface area contributed by atoms with E-state index >= 15 is 0 Å². The molecule has 1 amide bonds. The molecule has 1 aliphatic carbocycles. The molecule has 0 atom stereocenters. The summed E-state index contributed by atoms with van der Waals surface area (Å²) in [6.07, 6.45) is 2.47. The monoisotopic (exact) mass is 384 g/mol. The van der Waals surface area contributed by atoms with Gasteiger partial charge in [-0.3, -0.25) is 10.2 Å². The van der Waals surface area contributed by atoms with Gasteiger partial charge in [0.25, 0.3) is 5.91 Å². The van der Waals surface area contributed by atoms with Crippen LogP contribution in [0.15, 0.2) is 33.8 Å². The fourth-order valence-corrected chi connectivity index (χ4v) is 3.51. The van der Waals surface area contributed by atoms with E-state index in [1.165, 1.54) is 0 Å². The van der Waals surface area contributed by atoms with Gasteiger partial charge in [-0.2, -0.15) is 5.10 Å². The molecule has 1 aromatic heterocycles. The van der Waals surface area contributed by atoms with Crippen LogP contribution in [0.5, 0.6) is 0 Å². The minimum absolute atomic E-state index is 0.115. The van der Waals surface area contributed by atoms with E-state index in [-0.39, 0.29) is 11.0 Å². The van der Waals surface area contributed by atoms with Gasteiger partial charge in [-0.1, -0.05) is 12.1 Å². The summed E-state index contributed by atoms with van der Waals surface area (Å²) >= 11 is 4.83. The zero-order chi connectivity index (χ0) is 19.6. The van der Waals surface area contributed by atoms with Crippen molar-refractivity contribution in [1.82, 2.24) is 5.43 Å². The van der Waals surface area contributed by atoms with E-state index in [0.717, 1.165) is 53.1 Å². The van der Waals surface area contributed by atoms with Crippen LogP contribution in [0, 0.1) is 13.8 Å². The van der Waals surface area contributed by atoms with Gasteiger partial charge < -0.3 is 15.1 Å². The Morgan fingerprint density at radius 2 is 2.15 bits per heavy atom. The van der Waals surface area contributed by atoms with Crippen LogP contribution in [0.25, 0.3) is 0 Å². The van der Waals surface area contributed by atoms with Gasteiger partial charge >= 0.3 is 0 Å². The molecule has 142 valence electrons. The number of furan rings is 1. The predicted molar refractivity (Wildman–Crippen MR) is 111 cm³/mol. The Morgan fingerprint density at radius 1 is 1.37 bits per heavy atom. The molecule has 0 aliphatic heterocycles. The molecule has 0 saturated carbocycles. The van der Waals surface area contributed by atoms with E-state index in [2.05, 4.69) is 10.5 Å². The van der Waals surface area contributed by atoms with E-state index < -0.39 is 0 Å². The third-order valence-electron chi connectivity index (χ3n) is 4.70. The molecule has 0 unspecified atom stereocenters. The predicted octanol–water partition coefficient (Wildman–Crippen LogP) is 3.44. The van der Waals surface area contributed by atoms with Crippen molar-refractivity contribution in [3.05, 3.63) is 52.5 Å². The lowest BCUT2D eigenvalue weighted by atomic mass is 9.93. The van der Waals surface area contributed by atoms with Crippen LogP contribution in [0.2, 0.25) is 0 Å². The second kappa shape index (κ2) is 7.92. The first kappa shape index (κ1) is 19.1. The number of fused-ring (bicyclic) bond motifs is 1. The van der Waals surface area contributed by atoms with Gasteiger partial charge in [0.2, 0.25) is 0 Å². The maximum Gasteiger partial charge on any atom is 0.294 e. The van der Waals surface area contributed by atoms with Crippen LogP contribution in [-0.2, 0) is 6.42 Å². The Bertz CT molecular complexity index is 917. The molecule has 7 heteroatoms. The second-order valence-corrected chi connectivity index (χ2v) is 7.07. The smallest absolute Gasteiger partial charge is 0.294 e. The number of aryl methyl sites for hydroxylation is 2. The summed E-state index contributed by atoms with van der Waals surface area (Å²) in [6, 6.07) is 7.90. The summed E-state index contributed by atoms with van der Waals surface area (Å²) in [7, 11) is 0. The Hall–Kier alpha value is -2.67. The third kappa shape index (κ3) is 3.88. The Kier molecular flexibility index (Phi) is 5.60. The summed E-state index contributed by atoms with van der Waals surface area (Å²) in [5.74, 6) is 1.02. The number of carbonyl (C=O) groups is 1. The molecule has 0 fully saturated rings. The number of hydrazone groups is 1. The summed E-state index contributed by atoms with van der Waals surface area (Å²) in [6.45, 7) is 6.42. The lowest BCUT2D eigenvalue weighted by Crippen LogP contribution is -2.31. The number of anilines is 1. The number of benzene rings is 1. The maximum atomic E-state index is 13.2. The van der Waals surface area contributed by atoms with Crippen molar-refractivity contribution < 1.29 is 9.21 Å². The number of amides is 1. The first-order chi connectivity index (χ1) is 12.9. The summed E-state index contributed by atoms with van der Waals surface area (Å²) in [5, 5.41) is 4.42. The lowest BCUT2D eigenvalue weighted by Gasteiger charge is -2.20. The normalized spacial score (nSPS) is 14.7. The number of hydrogen-bond acceptors (Lipinski definition) is 4. The van der Waals surface area contributed by atoms with Gasteiger partial charge in [0, 0.05) is 29.8 Å². The number of nitrogens with zero attached hydrogens (tertiary/aromatic N) is 2. The Labute approximate surface area is 164 Å². The van der Waals surface area contributed by atoms with Crippen molar-refractivity contribution in [3.63, 3.8) is 0 Å². The van der Waals surface area contributed by atoms with Gasteiger partial charge in [0.1, 0.15) is 5.76 Å². The molecule has 1 heterocycles. The summed E-state index contributed by atoms with van der Waals surface area (Å²) < 4.78 is 6.01. The first-order valence-electron chi connectivity index (χ1n) is 9.05. The molecule has 0 spiro atoms. The number of nitrogens with two attached hydrogens (primary N) is 1. The molecule has 3 rings (SSSR count). The average Bonchev–Trinajstić information content (AvgIpc) is 2.98. The summed E-state index contributed by atoms with van der Waals surface area (Å²) in [4.78, 5) is 15.0. The number of rotatable bonds is 4. The molecule has 1 aromatic carbocycles. The lowest BCUT2D eigenvalue weighted by molar-refractivity contribution is 0.0959. The molecular formula is C20H24N4O2S. The van der Waals surface area contributed by atoms with Crippen molar-refractivity contribution in [3.8, 4) is 0 Å². The van der Waals surface area contributed by atoms with Crippen molar-refractivity contribution in [2.24, 2.45) is 10.8 Å². The van der Waals surface area contributed by atoms with Gasteiger partial charge in [0.05, 0.1) is 5.71 Å². The molecule has 0 radical (unpaired) electrons. The molecule has 27 heavy (non-hydrogen) atoms. The molecule has 6 nitrogen and oxygen atoms in total. The van der Waals surface area contributed by atoms with Gasteiger partial charge in [-0.15, -0.1) is 0 Å². The fourth-order valence-electron chi connectivity index (χ4n) is 3.47. The highest BCUT2D eigenvalue weighted by Gasteiger charge is 2.30. The van der Waals surface area contributed by atoms with E-state index in [4.69, 9.17) is 22.4 Å². The quantitative estimate of drug-likeness (QED) is 0.623. The van der Waals surface area contributed by atoms with E-state index in [1.807, 2.05) is 45.0 Å². The minimum atomic E-state index is -0.142. The highest BCUT2D eigenvalue weighted by Crippen LogP contribution is 2.31. The van der Waals surface area contributed by atoms with Crippen LogP contribution in [0.3, 0.4) is 0 Å². The van der Waals surface area contributed by atoms with Crippen LogP contribution >= 0.6 is 12.2 Å². The number of carbonyl (C=O) groups excluding carboxylic acids is 1. The van der Waals surface area contributed by atoms with Crippen LogP contribution < -0.4 is 16.1 Å². The standard InChI is InChI=1S/C20H24N4O2S/c1-4-24(14-8-5-7-12(2)11-14)19(25)18-13(3)17-15(22-23-20(21)27)9-6-10-16(17)26-18/h5,7-8,11H,4,6,9-10H2,1-3H3,(H3,21,23,27)/b22-15+. The van der Waals surface area contributed by atoms with E-state index in [1.54, 1.807) is 4.90 Å². The van der Waals surface area contributed by atoms with Crippen LogP contribution in [-0.4, -0.2) is 23.3 Å². The maximum absolute atomic E-state index is 13.2. The fraction of sp³-hybridized carbons (Fsp3) is 0.350. The third-order valence-corrected chi connectivity index (χ3v) is 4.79. The van der Waals surface area contributed by atoms with Crippen LogP contribution in [0.1, 0.15) is 52.8 Å². The molecule has 0 bridgehead atoms. The Morgan fingerprint density at radius 3 is 2.81 bits per heavy atom. The van der Waals surface area contributed by atoms with E-state index in [9.17, 15) is 4.79 Å². The topological polar surface area (TPSA) is 83.9 Å². The van der Waals surface area contributed by atoms with Crippen molar-refractivity contribution in [2.45, 2.75) is 40.0 Å². The zero-order valence-corrected chi connectivity index (χ0v) is 16.7. The highest BCUT2D eigenvalue weighted by atomic mass is 32.1. The van der Waals surface area contributed by atoms with Crippen molar-refractivity contribution >= 4 is 34.6 Å². The molecule has 0 saturated heterocycles. The SMILES string of the molecule is CCN(C(=O)c1oc2c(c1C)/C(=N/NC(N)=S)CCC2)c1cccc(C)c1.